The van der Waals surface area contributed by atoms with Crippen LogP contribution in [0.5, 0.6) is 0 Å². The van der Waals surface area contributed by atoms with Crippen molar-refractivity contribution in [3.8, 4) is 10.7 Å². The molecule has 7 nitrogen and oxygen atoms in total. The zero-order valence-corrected chi connectivity index (χ0v) is 20.3. The van der Waals surface area contributed by atoms with E-state index < -0.39 is 10.0 Å². The topological polar surface area (TPSA) is 75.5 Å². The van der Waals surface area contributed by atoms with E-state index in [-0.39, 0.29) is 5.91 Å². The monoisotopic (exact) mass is 464 g/mol. The third-order valence-corrected chi connectivity index (χ3v) is 9.71. The summed E-state index contributed by atoms with van der Waals surface area (Å²) in [6.45, 7) is 6.46. The Morgan fingerprint density at radius 3 is 2.19 bits per heavy atom. The van der Waals surface area contributed by atoms with Gasteiger partial charge in [0.1, 0.15) is 14.8 Å². The maximum Gasteiger partial charge on any atom is 0.265 e. The number of carbonyl (C=O) groups excluding carboxylic acids is 1. The van der Waals surface area contributed by atoms with Crippen LogP contribution in [0.4, 0.5) is 0 Å². The average Bonchev–Trinajstić information content (AvgIpc) is 3.15. The summed E-state index contributed by atoms with van der Waals surface area (Å²) in [6, 6.07) is 1.73. The molecule has 0 bridgehead atoms. The highest BCUT2D eigenvalue weighted by molar-refractivity contribution is 7.89. The number of thiazole rings is 1. The van der Waals surface area contributed by atoms with Gasteiger partial charge in [-0.15, -0.1) is 11.3 Å². The van der Waals surface area contributed by atoms with Crippen LogP contribution >= 0.6 is 11.3 Å². The van der Waals surface area contributed by atoms with Crippen molar-refractivity contribution in [2.24, 2.45) is 7.05 Å². The Hall–Kier alpha value is -1.71. The van der Waals surface area contributed by atoms with E-state index in [4.69, 9.17) is 0 Å². The van der Waals surface area contributed by atoms with E-state index in [2.05, 4.69) is 4.98 Å². The first-order valence-corrected chi connectivity index (χ1v) is 13.5. The molecule has 0 saturated carbocycles. The lowest BCUT2D eigenvalue weighted by Gasteiger charge is -2.25. The van der Waals surface area contributed by atoms with Crippen molar-refractivity contribution in [3.05, 3.63) is 22.3 Å². The number of aryl methyl sites for hydroxylation is 1. The van der Waals surface area contributed by atoms with Gasteiger partial charge in [-0.2, -0.15) is 4.31 Å². The van der Waals surface area contributed by atoms with Crippen LogP contribution in [-0.2, 0) is 17.1 Å². The van der Waals surface area contributed by atoms with Gasteiger partial charge in [0.25, 0.3) is 5.91 Å². The number of piperidine rings is 1. The third-order valence-electron chi connectivity index (χ3n) is 6.52. The number of carbonyl (C=O) groups is 1. The van der Waals surface area contributed by atoms with E-state index in [1.807, 2.05) is 30.4 Å². The summed E-state index contributed by atoms with van der Waals surface area (Å²) in [5, 5.41) is 0.696. The van der Waals surface area contributed by atoms with E-state index in [1.54, 1.807) is 10.4 Å². The second kappa shape index (κ2) is 9.03. The molecule has 2 aliphatic rings. The van der Waals surface area contributed by atoms with Crippen LogP contribution in [0.2, 0.25) is 0 Å². The van der Waals surface area contributed by atoms with Crippen LogP contribution in [0.15, 0.2) is 11.0 Å². The molecule has 4 heterocycles. The number of nitrogens with zero attached hydrogens (tertiary/aromatic N) is 4. The summed E-state index contributed by atoms with van der Waals surface area (Å²) in [6.07, 6.45) is 7.34. The molecular formula is C22H32N4O3S2. The van der Waals surface area contributed by atoms with Crippen LogP contribution in [0.1, 0.15) is 66.0 Å². The lowest BCUT2D eigenvalue weighted by Crippen LogP contribution is -2.35. The number of sulfonamides is 1. The Kier molecular flexibility index (Phi) is 6.55. The minimum Gasteiger partial charge on any atom is -0.345 e. The molecule has 2 aromatic heterocycles. The smallest absolute Gasteiger partial charge is 0.265 e. The van der Waals surface area contributed by atoms with Crippen LogP contribution in [0.25, 0.3) is 10.7 Å². The quantitative estimate of drug-likeness (QED) is 0.686. The zero-order valence-electron chi connectivity index (χ0n) is 18.7. The summed E-state index contributed by atoms with van der Waals surface area (Å²) >= 11 is 1.37. The summed E-state index contributed by atoms with van der Waals surface area (Å²) in [5.41, 5.74) is 2.17. The van der Waals surface area contributed by atoms with Gasteiger partial charge in [0.2, 0.25) is 10.0 Å². The molecule has 0 spiro atoms. The van der Waals surface area contributed by atoms with Gasteiger partial charge in [-0.1, -0.05) is 19.3 Å². The maximum atomic E-state index is 13.3. The van der Waals surface area contributed by atoms with Gasteiger partial charge in [0.05, 0.1) is 11.4 Å². The van der Waals surface area contributed by atoms with Crippen molar-refractivity contribution in [2.45, 2.75) is 63.7 Å². The molecule has 170 valence electrons. The van der Waals surface area contributed by atoms with E-state index in [9.17, 15) is 13.2 Å². The molecule has 2 aliphatic heterocycles. The van der Waals surface area contributed by atoms with E-state index >= 15 is 0 Å². The summed E-state index contributed by atoms with van der Waals surface area (Å²) in [4.78, 5) is 20.8. The second-order valence-electron chi connectivity index (χ2n) is 8.64. The second-order valence-corrected chi connectivity index (χ2v) is 11.5. The summed E-state index contributed by atoms with van der Waals surface area (Å²) < 4.78 is 30.0. The van der Waals surface area contributed by atoms with Gasteiger partial charge in [-0.25, -0.2) is 13.4 Å². The minimum atomic E-state index is -3.53. The van der Waals surface area contributed by atoms with Gasteiger partial charge in [0, 0.05) is 38.9 Å². The van der Waals surface area contributed by atoms with E-state index in [0.717, 1.165) is 50.9 Å². The molecule has 2 aromatic rings. The molecule has 2 fully saturated rings. The molecule has 4 rings (SSSR count). The largest absolute Gasteiger partial charge is 0.345 e. The van der Waals surface area contributed by atoms with Crippen molar-refractivity contribution in [3.63, 3.8) is 0 Å². The first kappa shape index (κ1) is 22.5. The van der Waals surface area contributed by atoms with Crippen LogP contribution in [-0.4, -0.2) is 59.3 Å². The number of hydrogen-bond donors (Lipinski definition) is 0. The zero-order chi connectivity index (χ0) is 22.2. The van der Waals surface area contributed by atoms with Crippen LogP contribution in [0, 0.1) is 13.8 Å². The van der Waals surface area contributed by atoms with Crippen molar-refractivity contribution in [1.82, 2.24) is 18.8 Å². The lowest BCUT2D eigenvalue weighted by atomic mass is 10.2. The molecule has 0 radical (unpaired) electrons. The number of hydrogen-bond acceptors (Lipinski definition) is 5. The highest BCUT2D eigenvalue weighted by Gasteiger charge is 2.31. The fourth-order valence-corrected chi connectivity index (χ4v) is 7.38. The number of aromatic nitrogens is 2. The van der Waals surface area contributed by atoms with Gasteiger partial charge >= 0.3 is 0 Å². The minimum absolute atomic E-state index is 0.0512. The maximum absolute atomic E-state index is 13.3. The SMILES string of the molecule is Cc1nc(-c2cc(S(=O)(=O)N3CCCCC3)c(C)n2C)sc1C(=O)N1CCCCCC1. The molecule has 2 saturated heterocycles. The molecule has 31 heavy (non-hydrogen) atoms. The van der Waals surface area contributed by atoms with Crippen LogP contribution < -0.4 is 0 Å². The molecular weight excluding hydrogens is 432 g/mol. The molecule has 0 N–H and O–H groups in total. The predicted molar refractivity (Wildman–Crippen MR) is 123 cm³/mol. The van der Waals surface area contributed by atoms with Gasteiger partial charge < -0.3 is 9.47 Å². The number of amides is 1. The molecule has 9 heteroatoms. The average molecular weight is 465 g/mol. The molecule has 0 aromatic carbocycles. The Labute approximate surface area is 189 Å². The van der Waals surface area contributed by atoms with Crippen molar-refractivity contribution < 1.29 is 13.2 Å². The standard InChI is InChI=1S/C22H32N4O3S2/c1-16-20(22(27)25-11-7-4-5-8-12-25)30-21(23-16)18-15-19(17(2)24(18)3)31(28,29)26-13-9-6-10-14-26/h15H,4-14H2,1-3H3. The Balaban J connectivity index is 1.66. The van der Waals surface area contributed by atoms with Crippen molar-refractivity contribution in [1.29, 1.82) is 0 Å². The molecule has 1 amide bonds. The van der Waals surface area contributed by atoms with Crippen molar-refractivity contribution in [2.75, 3.05) is 26.2 Å². The Morgan fingerprint density at radius 2 is 1.55 bits per heavy atom. The van der Waals surface area contributed by atoms with E-state index in [0.29, 0.717) is 39.3 Å². The third kappa shape index (κ3) is 4.32. The molecule has 0 atom stereocenters. The number of rotatable bonds is 4. The highest BCUT2D eigenvalue weighted by Crippen LogP contribution is 2.34. The van der Waals surface area contributed by atoms with E-state index in [1.165, 1.54) is 24.2 Å². The van der Waals surface area contributed by atoms with Crippen molar-refractivity contribution >= 4 is 27.3 Å². The molecule has 0 aliphatic carbocycles. The molecule has 0 unspecified atom stereocenters. The Bertz CT molecular complexity index is 1060. The normalized spacial score (nSPS) is 18.9. The van der Waals surface area contributed by atoms with Gasteiger partial charge in [-0.05, 0) is 45.6 Å². The fourth-order valence-electron chi connectivity index (χ4n) is 4.50. The predicted octanol–water partition coefficient (Wildman–Crippen LogP) is 3.96. The fraction of sp³-hybridized carbons (Fsp3) is 0.636. The Morgan fingerprint density at radius 1 is 0.968 bits per heavy atom. The van der Waals surface area contributed by atoms with Gasteiger partial charge in [0.15, 0.2) is 0 Å². The first-order valence-electron chi connectivity index (χ1n) is 11.2. The first-order chi connectivity index (χ1) is 14.8. The number of likely N-dealkylation sites (tertiary alicyclic amines) is 1. The summed E-state index contributed by atoms with van der Waals surface area (Å²) in [7, 11) is -1.66. The van der Waals surface area contributed by atoms with Gasteiger partial charge in [-0.3, -0.25) is 4.79 Å². The van der Waals surface area contributed by atoms with Crippen LogP contribution in [0.3, 0.4) is 0 Å². The summed E-state index contributed by atoms with van der Waals surface area (Å²) in [5.74, 6) is 0.0512. The lowest BCUT2D eigenvalue weighted by molar-refractivity contribution is 0.0765. The highest BCUT2D eigenvalue weighted by atomic mass is 32.2.